The summed E-state index contributed by atoms with van der Waals surface area (Å²) in [7, 11) is 0. The molecule has 2 atom stereocenters. The Bertz CT molecular complexity index is 1530. The number of hydrogen-bond donors (Lipinski definition) is 1. The van der Waals surface area contributed by atoms with Crippen LogP contribution in [0.2, 0.25) is 0 Å². The van der Waals surface area contributed by atoms with Crippen molar-refractivity contribution < 1.29 is 14.0 Å². The van der Waals surface area contributed by atoms with Gasteiger partial charge in [0.15, 0.2) is 0 Å². The van der Waals surface area contributed by atoms with Crippen molar-refractivity contribution in [2.24, 2.45) is 0 Å². The summed E-state index contributed by atoms with van der Waals surface area (Å²) in [4.78, 5) is 28.6. The van der Waals surface area contributed by atoms with Crippen molar-refractivity contribution in [2.75, 3.05) is 17.2 Å². The minimum absolute atomic E-state index is 0.0143. The van der Waals surface area contributed by atoms with Crippen LogP contribution in [-0.2, 0) is 9.59 Å². The molecule has 0 radical (unpaired) electrons. The van der Waals surface area contributed by atoms with E-state index in [1.807, 2.05) is 74.8 Å². The minimum Gasteiger partial charge on any atom is -0.352 e. The predicted molar refractivity (Wildman–Crippen MR) is 159 cm³/mol. The normalized spacial score (nSPS) is 15.9. The van der Waals surface area contributed by atoms with Gasteiger partial charge in [0.25, 0.3) is 0 Å². The summed E-state index contributed by atoms with van der Waals surface area (Å²) < 4.78 is 15.8. The first-order chi connectivity index (χ1) is 19.3. The lowest BCUT2D eigenvalue weighted by Gasteiger charge is -2.24. The Labute approximate surface area is 238 Å². The average molecular weight is 557 g/mol. The third kappa shape index (κ3) is 5.54. The highest BCUT2D eigenvalue weighted by Crippen LogP contribution is 2.48. The van der Waals surface area contributed by atoms with E-state index in [1.54, 1.807) is 17.0 Å². The van der Waals surface area contributed by atoms with Crippen LogP contribution in [0.4, 0.5) is 10.2 Å². The molecule has 0 saturated carbocycles. The van der Waals surface area contributed by atoms with E-state index < -0.39 is 0 Å². The molecule has 0 aliphatic carbocycles. The zero-order valence-corrected chi connectivity index (χ0v) is 24.0. The van der Waals surface area contributed by atoms with E-state index in [0.717, 1.165) is 45.6 Å². The second-order valence-electron chi connectivity index (χ2n) is 10.3. The van der Waals surface area contributed by atoms with E-state index in [1.165, 1.54) is 23.9 Å². The van der Waals surface area contributed by atoms with Crippen LogP contribution < -0.4 is 10.2 Å². The highest BCUT2D eigenvalue weighted by atomic mass is 32.2. The quantitative estimate of drug-likeness (QED) is 0.287. The zero-order valence-electron chi connectivity index (χ0n) is 23.1. The average Bonchev–Trinajstić information content (AvgIpc) is 3.26. The monoisotopic (exact) mass is 556 g/mol. The molecule has 1 aliphatic heterocycles. The Hall–Kier alpha value is -3.91. The summed E-state index contributed by atoms with van der Waals surface area (Å²) in [5, 5.41) is 7.83. The second kappa shape index (κ2) is 11.7. The van der Waals surface area contributed by atoms with E-state index in [0.29, 0.717) is 5.82 Å². The molecule has 0 unspecified atom stereocenters. The SMILES string of the molecule is CC[C@H](C)NC(=O)CN1C(=O)CS[C@H](c2ccc(F)cc2)c2c(-c3ccccc3)nn(-c3ccc(C)cc3C)c21. The molecule has 1 N–H and O–H groups in total. The number of aromatic nitrogens is 2. The summed E-state index contributed by atoms with van der Waals surface area (Å²) in [5.74, 6) is -0.00559. The number of carbonyl (C=O) groups is 2. The third-order valence-electron chi connectivity index (χ3n) is 7.21. The Morgan fingerprint density at radius 2 is 1.82 bits per heavy atom. The first kappa shape index (κ1) is 27.6. The lowest BCUT2D eigenvalue weighted by molar-refractivity contribution is -0.123. The number of nitrogens with zero attached hydrogens (tertiary/aromatic N) is 3. The highest BCUT2D eigenvalue weighted by molar-refractivity contribution is 8.00. The molecule has 40 heavy (non-hydrogen) atoms. The molecule has 0 bridgehead atoms. The molecule has 1 aromatic heterocycles. The lowest BCUT2D eigenvalue weighted by atomic mass is 9.99. The van der Waals surface area contributed by atoms with Crippen LogP contribution in [0.25, 0.3) is 16.9 Å². The molecule has 206 valence electrons. The molecule has 4 aromatic rings. The number of thioether (sulfide) groups is 1. The summed E-state index contributed by atoms with van der Waals surface area (Å²) in [6.07, 6.45) is 0.784. The molecule has 6 nitrogen and oxygen atoms in total. The number of anilines is 1. The Morgan fingerprint density at radius 3 is 2.50 bits per heavy atom. The molecule has 2 amide bonds. The molecular weight excluding hydrogens is 523 g/mol. The summed E-state index contributed by atoms with van der Waals surface area (Å²) in [6, 6.07) is 22.3. The van der Waals surface area contributed by atoms with Crippen LogP contribution in [0.1, 0.15) is 47.8 Å². The smallest absolute Gasteiger partial charge is 0.240 e. The van der Waals surface area contributed by atoms with Gasteiger partial charge < -0.3 is 5.32 Å². The van der Waals surface area contributed by atoms with Gasteiger partial charge in [-0.25, -0.2) is 9.07 Å². The van der Waals surface area contributed by atoms with Crippen LogP contribution in [-0.4, -0.2) is 39.9 Å². The number of nitrogens with one attached hydrogen (secondary N) is 1. The summed E-state index contributed by atoms with van der Waals surface area (Å²) in [5.41, 5.74) is 6.25. The number of hydrogen-bond acceptors (Lipinski definition) is 4. The Kier molecular flexibility index (Phi) is 8.07. The summed E-state index contributed by atoms with van der Waals surface area (Å²) >= 11 is 1.47. The minimum atomic E-state index is -0.323. The number of rotatable bonds is 7. The standard InChI is InChI=1S/C32H33FN4O2S/c1-5-22(4)34-27(38)18-36-28(39)19-40-31(24-12-14-25(33)15-13-24)29-30(23-9-7-6-8-10-23)35-37(32(29)36)26-16-11-20(2)17-21(26)3/h6-17,22,31H,5,18-19H2,1-4H3,(H,34,38)/t22-,31+/m0/s1. The second-order valence-corrected chi connectivity index (χ2v) is 11.3. The van der Waals surface area contributed by atoms with Gasteiger partial charge in [0.05, 0.1) is 22.4 Å². The number of fused-ring (bicyclic) bond motifs is 1. The van der Waals surface area contributed by atoms with Crippen molar-refractivity contribution in [3.63, 3.8) is 0 Å². The fraction of sp³-hybridized carbons (Fsp3) is 0.281. The molecular formula is C32H33FN4O2S. The van der Waals surface area contributed by atoms with E-state index in [9.17, 15) is 14.0 Å². The van der Waals surface area contributed by atoms with Crippen molar-refractivity contribution >= 4 is 29.4 Å². The molecule has 3 aromatic carbocycles. The molecule has 0 fully saturated rings. The van der Waals surface area contributed by atoms with Crippen LogP contribution in [0.3, 0.4) is 0 Å². The fourth-order valence-electron chi connectivity index (χ4n) is 5.01. The molecule has 5 rings (SSSR count). The largest absolute Gasteiger partial charge is 0.352 e. The fourth-order valence-corrected chi connectivity index (χ4v) is 6.20. The van der Waals surface area contributed by atoms with Crippen LogP contribution >= 0.6 is 11.8 Å². The lowest BCUT2D eigenvalue weighted by Crippen LogP contribution is -2.44. The summed E-state index contributed by atoms with van der Waals surface area (Å²) in [6.45, 7) is 7.87. The number of benzene rings is 3. The van der Waals surface area contributed by atoms with Crippen molar-refractivity contribution in [3.05, 3.63) is 101 Å². The molecule has 8 heteroatoms. The topological polar surface area (TPSA) is 67.2 Å². The third-order valence-corrected chi connectivity index (χ3v) is 8.47. The number of halogens is 1. The van der Waals surface area contributed by atoms with E-state index in [2.05, 4.69) is 11.4 Å². The highest BCUT2D eigenvalue weighted by Gasteiger charge is 2.38. The van der Waals surface area contributed by atoms with Crippen molar-refractivity contribution in [2.45, 2.75) is 45.4 Å². The first-order valence-electron chi connectivity index (χ1n) is 13.5. The number of aryl methyl sites for hydroxylation is 2. The molecule has 2 heterocycles. The Morgan fingerprint density at radius 1 is 1.10 bits per heavy atom. The number of amides is 2. The van der Waals surface area contributed by atoms with Gasteiger partial charge in [-0.1, -0.05) is 67.1 Å². The van der Waals surface area contributed by atoms with E-state index >= 15 is 0 Å². The van der Waals surface area contributed by atoms with Crippen LogP contribution in [0, 0.1) is 19.7 Å². The molecule has 0 spiro atoms. The van der Waals surface area contributed by atoms with Gasteiger partial charge in [0, 0.05) is 17.2 Å². The van der Waals surface area contributed by atoms with Crippen molar-refractivity contribution in [1.82, 2.24) is 15.1 Å². The Balaban J connectivity index is 1.79. The zero-order chi connectivity index (χ0) is 28.4. The van der Waals surface area contributed by atoms with Crippen molar-refractivity contribution in [1.29, 1.82) is 0 Å². The first-order valence-corrected chi connectivity index (χ1v) is 14.5. The van der Waals surface area contributed by atoms with Gasteiger partial charge in [-0.15, -0.1) is 11.8 Å². The predicted octanol–water partition coefficient (Wildman–Crippen LogP) is 6.38. The van der Waals surface area contributed by atoms with Crippen LogP contribution in [0.15, 0.2) is 72.8 Å². The van der Waals surface area contributed by atoms with Gasteiger partial charge in [-0.3, -0.25) is 14.5 Å². The van der Waals surface area contributed by atoms with Gasteiger partial charge in [0.1, 0.15) is 18.2 Å². The van der Waals surface area contributed by atoms with Gasteiger partial charge >= 0.3 is 0 Å². The van der Waals surface area contributed by atoms with Crippen molar-refractivity contribution in [3.8, 4) is 16.9 Å². The van der Waals surface area contributed by atoms with E-state index in [-0.39, 0.29) is 41.2 Å². The van der Waals surface area contributed by atoms with Gasteiger partial charge in [-0.05, 0) is 56.5 Å². The van der Waals surface area contributed by atoms with Gasteiger partial charge in [0.2, 0.25) is 11.8 Å². The van der Waals surface area contributed by atoms with E-state index in [4.69, 9.17) is 5.10 Å². The maximum atomic E-state index is 13.9. The number of carbonyl (C=O) groups excluding carboxylic acids is 2. The molecule has 0 saturated heterocycles. The van der Waals surface area contributed by atoms with Crippen LogP contribution in [0.5, 0.6) is 0 Å². The maximum absolute atomic E-state index is 13.9. The van der Waals surface area contributed by atoms with Gasteiger partial charge in [-0.2, -0.15) is 5.10 Å². The molecule has 1 aliphatic rings. The maximum Gasteiger partial charge on any atom is 0.240 e.